The molecule has 0 amide bonds. The van der Waals surface area contributed by atoms with E-state index in [0.717, 1.165) is 0 Å². The molecule has 0 atom stereocenters. The van der Waals surface area contributed by atoms with Crippen molar-refractivity contribution in [2.75, 3.05) is 18.6 Å². The van der Waals surface area contributed by atoms with Crippen molar-refractivity contribution in [1.82, 2.24) is 39.0 Å². The number of imidazole rings is 2. The van der Waals surface area contributed by atoms with Gasteiger partial charge in [-0.1, -0.05) is 0 Å². The normalized spacial score (nSPS) is 14.0. The van der Waals surface area contributed by atoms with E-state index in [0.29, 0.717) is 24.5 Å². The van der Waals surface area contributed by atoms with Crippen LogP contribution in [0.3, 0.4) is 0 Å². The Morgan fingerprint density at radius 2 is 1.41 bits per heavy atom. The minimum Gasteiger partial charge on any atom is -0.361 e. The van der Waals surface area contributed by atoms with Crippen LogP contribution in [0.4, 0.5) is 5.95 Å². The summed E-state index contributed by atoms with van der Waals surface area (Å²) in [7, 11) is 1.99. The summed E-state index contributed by atoms with van der Waals surface area (Å²) < 4.78 is 3.49. The molecule has 1 aliphatic rings. The maximum atomic E-state index is 4.52. The number of hydrogen-bond donors (Lipinski definition) is 0. The number of rotatable bonds is 3. The van der Waals surface area contributed by atoms with E-state index in [1.54, 1.807) is 46.6 Å². The van der Waals surface area contributed by atoms with Crippen molar-refractivity contribution in [2.24, 2.45) is 0 Å². The van der Waals surface area contributed by atoms with Crippen LogP contribution in [0.25, 0.3) is 11.9 Å². The zero-order valence-corrected chi connectivity index (χ0v) is 11.9. The summed E-state index contributed by atoms with van der Waals surface area (Å²) in [6.07, 6.45) is 14.2. The fourth-order valence-corrected chi connectivity index (χ4v) is 2.12. The molecule has 0 unspecified atom stereocenters. The first-order chi connectivity index (χ1) is 10.8. The van der Waals surface area contributed by atoms with Crippen LogP contribution in [0.1, 0.15) is 0 Å². The molecule has 9 heteroatoms. The van der Waals surface area contributed by atoms with E-state index < -0.39 is 0 Å². The van der Waals surface area contributed by atoms with Crippen LogP contribution >= 0.6 is 0 Å². The highest BCUT2D eigenvalue weighted by Gasteiger charge is 2.17. The van der Waals surface area contributed by atoms with Gasteiger partial charge in [-0.15, -0.1) is 0 Å². The van der Waals surface area contributed by atoms with Gasteiger partial charge in [-0.25, -0.2) is 9.97 Å². The quantitative estimate of drug-likeness (QED) is 0.692. The summed E-state index contributed by atoms with van der Waals surface area (Å²) in [6, 6.07) is 0. The highest BCUT2D eigenvalue weighted by molar-refractivity contribution is 5.40. The van der Waals surface area contributed by atoms with Crippen LogP contribution in [-0.4, -0.2) is 52.7 Å². The number of nitrogens with zero attached hydrogens (tertiary/aromatic N) is 9. The molecular weight excluding hydrogens is 282 g/mol. The minimum atomic E-state index is 0.508. The van der Waals surface area contributed by atoms with E-state index in [2.05, 4.69) is 24.9 Å². The Morgan fingerprint density at radius 3 is 1.86 bits per heavy atom. The van der Waals surface area contributed by atoms with Crippen molar-refractivity contribution >= 4 is 5.95 Å². The van der Waals surface area contributed by atoms with E-state index in [-0.39, 0.29) is 0 Å². The van der Waals surface area contributed by atoms with Crippen molar-refractivity contribution in [1.29, 1.82) is 0 Å². The van der Waals surface area contributed by atoms with Crippen molar-refractivity contribution in [3.05, 3.63) is 49.8 Å². The Hall–Kier alpha value is -3.23. The summed E-state index contributed by atoms with van der Waals surface area (Å²) in [5.41, 5.74) is 0. The van der Waals surface area contributed by atoms with Gasteiger partial charge in [0, 0.05) is 44.2 Å². The number of hydrogen-bond acceptors (Lipinski definition) is 7. The van der Waals surface area contributed by atoms with Crippen LogP contribution < -0.4 is 4.90 Å². The summed E-state index contributed by atoms with van der Waals surface area (Å²) in [4.78, 5) is 25.6. The van der Waals surface area contributed by atoms with Gasteiger partial charge in [-0.2, -0.15) is 15.0 Å². The lowest BCUT2D eigenvalue weighted by Crippen LogP contribution is -2.24. The lowest BCUT2D eigenvalue weighted by molar-refractivity contribution is 0.492. The zero-order valence-electron chi connectivity index (χ0n) is 11.9. The molecule has 3 aromatic rings. The molecule has 0 N–H and O–H groups in total. The van der Waals surface area contributed by atoms with Gasteiger partial charge in [0.2, 0.25) is 17.8 Å². The van der Waals surface area contributed by atoms with Gasteiger partial charge in [-0.3, -0.25) is 14.0 Å². The molecule has 0 radical (unpaired) electrons. The third-order valence-corrected chi connectivity index (χ3v) is 3.20. The smallest absolute Gasteiger partial charge is 0.241 e. The highest BCUT2D eigenvalue weighted by Crippen LogP contribution is 2.16. The van der Waals surface area contributed by atoms with Gasteiger partial charge in [0.1, 0.15) is 12.7 Å². The molecule has 1 aliphatic heterocycles. The molecule has 0 saturated carbocycles. The molecular formula is C13H13N9. The SMILES string of the molecule is CN1C=CN(c2nc(-n3ccnc3)nc(-n3ccnc3)n2)C1. The molecule has 0 fully saturated rings. The average molecular weight is 295 g/mol. The first-order valence-electron chi connectivity index (χ1n) is 6.67. The summed E-state index contributed by atoms with van der Waals surface area (Å²) in [6.45, 7) is 0.691. The Bertz CT molecular complexity index is 739. The van der Waals surface area contributed by atoms with Gasteiger partial charge in [0.25, 0.3) is 0 Å². The third kappa shape index (κ3) is 2.18. The highest BCUT2D eigenvalue weighted by atomic mass is 15.4. The number of anilines is 1. The molecule has 110 valence electrons. The molecule has 0 saturated heterocycles. The first kappa shape index (κ1) is 12.5. The maximum absolute atomic E-state index is 4.52. The number of aromatic nitrogens is 7. The molecule has 0 aromatic carbocycles. The topological polar surface area (TPSA) is 80.8 Å². The minimum absolute atomic E-state index is 0.508. The Morgan fingerprint density at radius 1 is 0.818 bits per heavy atom. The fourth-order valence-electron chi connectivity index (χ4n) is 2.12. The van der Waals surface area contributed by atoms with Crippen molar-refractivity contribution in [3.63, 3.8) is 0 Å². The Labute approximate surface area is 126 Å². The van der Waals surface area contributed by atoms with E-state index in [1.165, 1.54) is 0 Å². The van der Waals surface area contributed by atoms with Crippen molar-refractivity contribution in [3.8, 4) is 11.9 Å². The van der Waals surface area contributed by atoms with E-state index in [9.17, 15) is 0 Å². The standard InChI is InChI=1S/C13H13N9/c1-19-6-7-22(10-19)13-17-11(20-4-2-14-8-20)16-12(18-13)21-5-3-15-9-21/h2-9H,10H2,1H3. The third-order valence-electron chi connectivity index (χ3n) is 3.20. The van der Waals surface area contributed by atoms with E-state index in [4.69, 9.17) is 0 Å². The molecule has 3 aromatic heterocycles. The van der Waals surface area contributed by atoms with E-state index >= 15 is 0 Å². The lowest BCUT2D eigenvalue weighted by Gasteiger charge is -2.17. The van der Waals surface area contributed by atoms with Crippen LogP contribution in [0.15, 0.2) is 49.8 Å². The largest absolute Gasteiger partial charge is 0.361 e. The van der Waals surface area contributed by atoms with E-state index in [1.807, 2.05) is 29.2 Å². The molecule has 0 aliphatic carbocycles. The molecule has 22 heavy (non-hydrogen) atoms. The summed E-state index contributed by atoms with van der Waals surface area (Å²) in [5, 5.41) is 0. The van der Waals surface area contributed by atoms with Crippen LogP contribution in [0.2, 0.25) is 0 Å². The predicted molar refractivity (Wildman–Crippen MR) is 78.3 cm³/mol. The maximum Gasteiger partial charge on any atom is 0.241 e. The van der Waals surface area contributed by atoms with Gasteiger partial charge in [0.15, 0.2) is 0 Å². The molecule has 4 rings (SSSR count). The second kappa shape index (κ2) is 4.95. The fraction of sp³-hybridized carbons (Fsp3) is 0.154. The van der Waals surface area contributed by atoms with Crippen LogP contribution in [-0.2, 0) is 0 Å². The van der Waals surface area contributed by atoms with Gasteiger partial charge in [0.05, 0.1) is 6.67 Å². The predicted octanol–water partition coefficient (Wildman–Crippen LogP) is 0.423. The zero-order chi connectivity index (χ0) is 14.9. The van der Waals surface area contributed by atoms with Crippen molar-refractivity contribution < 1.29 is 0 Å². The van der Waals surface area contributed by atoms with Gasteiger partial charge < -0.3 is 4.90 Å². The second-order valence-corrected chi connectivity index (χ2v) is 4.84. The monoisotopic (exact) mass is 295 g/mol. The molecule has 0 spiro atoms. The molecule has 9 nitrogen and oxygen atoms in total. The van der Waals surface area contributed by atoms with Gasteiger partial charge in [-0.05, 0) is 0 Å². The molecule has 0 bridgehead atoms. The van der Waals surface area contributed by atoms with Gasteiger partial charge >= 0.3 is 0 Å². The lowest BCUT2D eigenvalue weighted by atomic mass is 10.7. The van der Waals surface area contributed by atoms with Crippen LogP contribution in [0, 0.1) is 0 Å². The first-order valence-corrected chi connectivity index (χ1v) is 6.67. The summed E-state index contributed by atoms with van der Waals surface area (Å²) >= 11 is 0. The Balaban J connectivity index is 1.82. The second-order valence-electron chi connectivity index (χ2n) is 4.84. The summed E-state index contributed by atoms with van der Waals surface area (Å²) in [5.74, 6) is 1.59. The molecule has 4 heterocycles. The van der Waals surface area contributed by atoms with Crippen molar-refractivity contribution in [2.45, 2.75) is 0 Å². The Kier molecular flexibility index (Phi) is 2.81. The van der Waals surface area contributed by atoms with Crippen LogP contribution in [0.5, 0.6) is 0 Å². The average Bonchev–Trinajstić information content (AvgIpc) is 3.29.